The van der Waals surface area contributed by atoms with E-state index in [0.29, 0.717) is 23.7 Å². The standard InChI is InChI=1S/C31H33N3O2/c35-30-27-13-5-6-14-28(27)31(36)34(30)18-8-7-17-32-19-21-33(22-20-32)29-25-11-3-1-9-23(25)15-16-24-10-2-4-12-26(24)29/h1-6,9-14,29H,7-8,15-22H2. The first-order valence-corrected chi connectivity index (χ1v) is 13.3. The molecule has 2 aliphatic heterocycles. The van der Waals surface area contributed by atoms with Crippen molar-refractivity contribution >= 4 is 11.8 Å². The number of unbranched alkanes of at least 4 members (excludes halogenated alkanes) is 1. The first-order chi connectivity index (χ1) is 17.7. The number of fused-ring (bicyclic) bond motifs is 3. The lowest BCUT2D eigenvalue weighted by atomic mass is 9.92. The number of hydrogen-bond donors (Lipinski definition) is 0. The zero-order valence-corrected chi connectivity index (χ0v) is 20.7. The molecule has 0 atom stereocenters. The molecule has 184 valence electrons. The average Bonchev–Trinajstić information content (AvgIpc) is 3.06. The van der Waals surface area contributed by atoms with Crippen LogP contribution in [0.1, 0.15) is 61.9 Å². The molecule has 3 aromatic rings. The van der Waals surface area contributed by atoms with Crippen LogP contribution in [0.25, 0.3) is 0 Å². The molecule has 0 saturated carbocycles. The van der Waals surface area contributed by atoms with Gasteiger partial charge in [0, 0.05) is 32.7 Å². The Balaban J connectivity index is 1.05. The summed E-state index contributed by atoms with van der Waals surface area (Å²) in [5.74, 6) is -0.290. The number of piperazine rings is 1. The van der Waals surface area contributed by atoms with Crippen molar-refractivity contribution in [1.29, 1.82) is 0 Å². The normalized spacial score (nSPS) is 18.6. The fourth-order valence-corrected chi connectivity index (χ4v) is 6.18. The maximum absolute atomic E-state index is 12.6. The quantitative estimate of drug-likeness (QED) is 0.384. The second-order valence-corrected chi connectivity index (χ2v) is 10.2. The molecule has 0 spiro atoms. The molecular formula is C31H33N3O2. The molecule has 36 heavy (non-hydrogen) atoms. The van der Waals surface area contributed by atoms with Crippen LogP contribution in [-0.4, -0.2) is 65.8 Å². The van der Waals surface area contributed by atoms with Crippen molar-refractivity contribution < 1.29 is 9.59 Å². The van der Waals surface area contributed by atoms with Crippen LogP contribution in [0.4, 0.5) is 0 Å². The molecule has 2 heterocycles. The van der Waals surface area contributed by atoms with Crippen LogP contribution < -0.4 is 0 Å². The second kappa shape index (κ2) is 10.00. The van der Waals surface area contributed by atoms with Crippen LogP contribution in [0.15, 0.2) is 72.8 Å². The van der Waals surface area contributed by atoms with Crippen LogP contribution in [-0.2, 0) is 12.8 Å². The number of benzene rings is 3. The topological polar surface area (TPSA) is 43.9 Å². The molecule has 0 radical (unpaired) electrons. The van der Waals surface area contributed by atoms with Crippen LogP contribution >= 0.6 is 0 Å². The number of carbonyl (C=O) groups is 2. The lowest BCUT2D eigenvalue weighted by molar-refractivity contribution is 0.0647. The first kappa shape index (κ1) is 23.1. The Kier molecular flexibility index (Phi) is 6.43. The van der Waals surface area contributed by atoms with Crippen LogP contribution in [0.2, 0.25) is 0 Å². The van der Waals surface area contributed by atoms with E-state index in [-0.39, 0.29) is 11.8 Å². The molecule has 1 saturated heterocycles. The van der Waals surface area contributed by atoms with Gasteiger partial charge in [-0.25, -0.2) is 0 Å². The van der Waals surface area contributed by atoms with Gasteiger partial charge in [0.05, 0.1) is 17.2 Å². The Morgan fingerprint density at radius 3 is 1.69 bits per heavy atom. The molecule has 3 aromatic carbocycles. The monoisotopic (exact) mass is 479 g/mol. The van der Waals surface area contributed by atoms with Gasteiger partial charge in [-0.05, 0) is 66.6 Å². The van der Waals surface area contributed by atoms with Crippen molar-refractivity contribution in [3.8, 4) is 0 Å². The largest absolute Gasteiger partial charge is 0.301 e. The minimum Gasteiger partial charge on any atom is -0.301 e. The third kappa shape index (κ3) is 4.27. The summed E-state index contributed by atoms with van der Waals surface area (Å²) in [5.41, 5.74) is 6.98. The summed E-state index contributed by atoms with van der Waals surface area (Å²) in [6.45, 7) is 5.70. The molecule has 1 fully saturated rings. The van der Waals surface area contributed by atoms with Crippen LogP contribution in [0.5, 0.6) is 0 Å². The van der Waals surface area contributed by atoms with E-state index in [2.05, 4.69) is 58.3 Å². The number of amides is 2. The Morgan fingerprint density at radius 1 is 0.611 bits per heavy atom. The van der Waals surface area contributed by atoms with Gasteiger partial charge < -0.3 is 4.90 Å². The predicted molar refractivity (Wildman–Crippen MR) is 141 cm³/mol. The van der Waals surface area contributed by atoms with Crippen molar-refractivity contribution in [2.24, 2.45) is 0 Å². The van der Waals surface area contributed by atoms with E-state index in [1.165, 1.54) is 27.2 Å². The summed E-state index contributed by atoms with van der Waals surface area (Å²) in [6, 6.07) is 25.4. The highest BCUT2D eigenvalue weighted by Gasteiger charge is 2.35. The fraction of sp³-hybridized carbons (Fsp3) is 0.355. The first-order valence-electron chi connectivity index (χ1n) is 13.3. The van der Waals surface area contributed by atoms with E-state index in [4.69, 9.17) is 0 Å². The fourth-order valence-electron chi connectivity index (χ4n) is 6.18. The highest BCUT2D eigenvalue weighted by Crippen LogP contribution is 2.37. The Bertz CT molecular complexity index is 1200. The van der Waals surface area contributed by atoms with E-state index >= 15 is 0 Å². The summed E-state index contributed by atoms with van der Waals surface area (Å²) in [6.07, 6.45) is 4.05. The van der Waals surface area contributed by atoms with E-state index in [1.807, 2.05) is 12.1 Å². The van der Waals surface area contributed by atoms with Gasteiger partial charge in [-0.3, -0.25) is 19.4 Å². The second-order valence-electron chi connectivity index (χ2n) is 10.2. The molecule has 5 heteroatoms. The van der Waals surface area contributed by atoms with Crippen LogP contribution in [0.3, 0.4) is 0 Å². The van der Waals surface area contributed by atoms with Gasteiger partial charge in [0.1, 0.15) is 0 Å². The highest BCUT2D eigenvalue weighted by molar-refractivity contribution is 6.21. The Labute approximate surface area is 213 Å². The molecule has 3 aliphatic rings. The highest BCUT2D eigenvalue weighted by atomic mass is 16.2. The van der Waals surface area contributed by atoms with Crippen molar-refractivity contribution in [2.45, 2.75) is 31.7 Å². The zero-order valence-electron chi connectivity index (χ0n) is 20.7. The number of nitrogens with zero attached hydrogens (tertiary/aromatic N) is 3. The summed E-state index contributed by atoms with van der Waals surface area (Å²) >= 11 is 0. The molecule has 1 aliphatic carbocycles. The lowest BCUT2D eigenvalue weighted by Gasteiger charge is -2.40. The van der Waals surface area contributed by atoms with Gasteiger partial charge in [-0.15, -0.1) is 0 Å². The summed E-state index contributed by atoms with van der Waals surface area (Å²) in [5, 5.41) is 0. The van der Waals surface area contributed by atoms with E-state index < -0.39 is 0 Å². The number of rotatable bonds is 6. The third-order valence-corrected chi connectivity index (χ3v) is 8.12. The van der Waals surface area contributed by atoms with Gasteiger partial charge in [0.2, 0.25) is 0 Å². The number of aryl methyl sites for hydroxylation is 2. The molecule has 5 nitrogen and oxygen atoms in total. The van der Waals surface area contributed by atoms with Gasteiger partial charge in [-0.2, -0.15) is 0 Å². The molecule has 0 N–H and O–H groups in total. The number of hydrogen-bond acceptors (Lipinski definition) is 4. The third-order valence-electron chi connectivity index (χ3n) is 8.12. The molecule has 2 amide bonds. The summed E-state index contributed by atoms with van der Waals surface area (Å²) in [7, 11) is 0. The van der Waals surface area contributed by atoms with Gasteiger partial charge in [-0.1, -0.05) is 60.7 Å². The van der Waals surface area contributed by atoms with Crippen molar-refractivity contribution in [3.63, 3.8) is 0 Å². The van der Waals surface area contributed by atoms with E-state index in [9.17, 15) is 9.59 Å². The number of imide groups is 1. The maximum atomic E-state index is 12.6. The molecule has 0 aromatic heterocycles. The molecular weight excluding hydrogens is 446 g/mol. The molecule has 0 unspecified atom stereocenters. The van der Waals surface area contributed by atoms with Gasteiger partial charge in [0.15, 0.2) is 0 Å². The average molecular weight is 480 g/mol. The lowest BCUT2D eigenvalue weighted by Crippen LogP contribution is -2.48. The van der Waals surface area contributed by atoms with Crippen molar-refractivity contribution in [3.05, 3.63) is 106 Å². The SMILES string of the molecule is O=C1c2ccccc2C(=O)N1CCCCN1CCN(C2c3ccccc3CCc3ccccc32)CC1. The Hall–Kier alpha value is -3.28. The number of carbonyl (C=O) groups excluding carboxylic acids is 2. The van der Waals surface area contributed by atoms with Crippen molar-refractivity contribution in [1.82, 2.24) is 14.7 Å². The van der Waals surface area contributed by atoms with Gasteiger partial charge in [0.25, 0.3) is 11.8 Å². The summed E-state index contributed by atoms with van der Waals surface area (Å²) in [4.78, 5) is 31.8. The summed E-state index contributed by atoms with van der Waals surface area (Å²) < 4.78 is 0. The van der Waals surface area contributed by atoms with Crippen LogP contribution in [0, 0.1) is 0 Å². The minimum atomic E-state index is -0.145. The zero-order chi connectivity index (χ0) is 24.5. The Morgan fingerprint density at radius 2 is 1.11 bits per heavy atom. The van der Waals surface area contributed by atoms with E-state index in [0.717, 1.165) is 58.4 Å². The molecule has 0 bridgehead atoms. The smallest absolute Gasteiger partial charge is 0.261 e. The molecule has 6 rings (SSSR count). The minimum absolute atomic E-state index is 0.145. The van der Waals surface area contributed by atoms with Crippen molar-refractivity contribution in [2.75, 3.05) is 39.3 Å². The van der Waals surface area contributed by atoms with E-state index in [1.54, 1.807) is 12.1 Å². The predicted octanol–water partition coefficient (Wildman–Crippen LogP) is 4.57. The van der Waals surface area contributed by atoms with Gasteiger partial charge >= 0.3 is 0 Å². The maximum Gasteiger partial charge on any atom is 0.261 e.